The van der Waals surface area contributed by atoms with Crippen molar-refractivity contribution in [2.45, 2.75) is 32.0 Å². The van der Waals surface area contributed by atoms with E-state index in [2.05, 4.69) is 5.32 Å². The van der Waals surface area contributed by atoms with Gasteiger partial charge in [0.15, 0.2) is 0 Å². The van der Waals surface area contributed by atoms with Crippen LogP contribution in [0.15, 0.2) is 18.2 Å². The number of methoxy groups -OCH3 is 2. The summed E-state index contributed by atoms with van der Waals surface area (Å²) in [5.41, 5.74) is 2.13. The van der Waals surface area contributed by atoms with Crippen LogP contribution in [0, 0.1) is 6.92 Å². The van der Waals surface area contributed by atoms with Crippen LogP contribution in [-0.2, 0) is 16.1 Å². The summed E-state index contributed by atoms with van der Waals surface area (Å²) >= 11 is 0. The molecule has 1 aliphatic rings. The van der Waals surface area contributed by atoms with Crippen molar-refractivity contribution in [3.63, 3.8) is 0 Å². The fourth-order valence-electron chi connectivity index (χ4n) is 2.71. The van der Waals surface area contributed by atoms with Gasteiger partial charge in [0, 0.05) is 20.2 Å². The van der Waals surface area contributed by atoms with E-state index >= 15 is 0 Å². The van der Waals surface area contributed by atoms with Crippen LogP contribution in [0.1, 0.15) is 17.5 Å². The number of amides is 1. The minimum absolute atomic E-state index is 0.0524. The highest BCUT2D eigenvalue weighted by molar-refractivity contribution is 5.82. The van der Waals surface area contributed by atoms with Crippen LogP contribution in [0.5, 0.6) is 5.75 Å². The number of likely N-dealkylation sites (N-methyl/N-ethyl adjacent to an activating group) is 1. The Kier molecular flexibility index (Phi) is 5.20. The van der Waals surface area contributed by atoms with Gasteiger partial charge >= 0.3 is 0 Å². The van der Waals surface area contributed by atoms with E-state index < -0.39 is 0 Å². The molecule has 1 heterocycles. The van der Waals surface area contributed by atoms with Gasteiger partial charge in [0.05, 0.1) is 19.3 Å². The summed E-state index contributed by atoms with van der Waals surface area (Å²) in [6.45, 7) is 3.31. The number of hydrogen-bond acceptors (Lipinski definition) is 4. The van der Waals surface area contributed by atoms with Gasteiger partial charge in [0.25, 0.3) is 0 Å². The fourth-order valence-corrected chi connectivity index (χ4v) is 2.71. The number of nitrogens with zero attached hydrogens (tertiary/aromatic N) is 1. The SMILES string of the molecule is COc1cc(CNC(=O)[C@@H]2C[C@H](OC)CN2C)ccc1C. The first-order valence-corrected chi connectivity index (χ1v) is 7.19. The number of ether oxygens (including phenoxy) is 2. The number of aryl methyl sites for hydroxylation is 1. The summed E-state index contributed by atoms with van der Waals surface area (Å²) < 4.78 is 10.6. The van der Waals surface area contributed by atoms with Gasteiger partial charge in [-0.25, -0.2) is 0 Å². The zero-order chi connectivity index (χ0) is 15.4. The molecule has 1 aromatic rings. The van der Waals surface area contributed by atoms with Crippen LogP contribution in [0.3, 0.4) is 0 Å². The number of hydrogen-bond donors (Lipinski definition) is 1. The maximum absolute atomic E-state index is 12.3. The molecular weight excluding hydrogens is 268 g/mol. The van der Waals surface area contributed by atoms with Crippen molar-refractivity contribution in [3.8, 4) is 5.75 Å². The second-order valence-corrected chi connectivity index (χ2v) is 5.57. The van der Waals surface area contributed by atoms with Gasteiger partial charge < -0.3 is 14.8 Å². The standard InChI is InChI=1S/C16H24N2O3/c1-11-5-6-12(7-15(11)21-4)9-17-16(19)14-8-13(20-3)10-18(14)2/h5-7,13-14H,8-10H2,1-4H3,(H,17,19)/t13-,14-/m0/s1. The van der Waals surface area contributed by atoms with Crippen LogP contribution in [0.25, 0.3) is 0 Å². The molecule has 2 rings (SSSR count). The largest absolute Gasteiger partial charge is 0.496 e. The summed E-state index contributed by atoms with van der Waals surface area (Å²) in [4.78, 5) is 14.3. The minimum atomic E-state index is -0.109. The average Bonchev–Trinajstić information content (AvgIpc) is 2.87. The second-order valence-electron chi connectivity index (χ2n) is 5.57. The molecule has 0 aromatic heterocycles. The molecule has 0 aliphatic carbocycles. The molecule has 1 aromatic carbocycles. The normalized spacial score (nSPS) is 22.3. The third-order valence-corrected chi connectivity index (χ3v) is 4.09. The third kappa shape index (κ3) is 3.74. The summed E-state index contributed by atoms with van der Waals surface area (Å²) in [5, 5.41) is 3.00. The fraction of sp³-hybridized carbons (Fsp3) is 0.562. The van der Waals surface area contributed by atoms with Crippen LogP contribution < -0.4 is 10.1 Å². The van der Waals surface area contributed by atoms with E-state index in [-0.39, 0.29) is 18.1 Å². The number of likely N-dealkylation sites (tertiary alicyclic amines) is 1. The van der Waals surface area contributed by atoms with E-state index in [9.17, 15) is 4.79 Å². The van der Waals surface area contributed by atoms with Gasteiger partial charge in [-0.05, 0) is 37.6 Å². The predicted molar refractivity (Wildman–Crippen MR) is 81.4 cm³/mol. The first-order chi connectivity index (χ1) is 10.0. The first kappa shape index (κ1) is 15.8. The lowest BCUT2D eigenvalue weighted by atomic mass is 10.1. The number of rotatable bonds is 5. The van der Waals surface area contributed by atoms with Crippen molar-refractivity contribution in [1.29, 1.82) is 0 Å². The van der Waals surface area contributed by atoms with Crippen molar-refractivity contribution in [3.05, 3.63) is 29.3 Å². The molecule has 0 spiro atoms. The topological polar surface area (TPSA) is 50.8 Å². The van der Waals surface area contributed by atoms with E-state index in [4.69, 9.17) is 9.47 Å². The molecule has 1 aliphatic heterocycles. The quantitative estimate of drug-likeness (QED) is 0.890. The van der Waals surface area contributed by atoms with Crippen LogP contribution in [0.2, 0.25) is 0 Å². The van der Waals surface area contributed by atoms with Crippen molar-refractivity contribution < 1.29 is 14.3 Å². The van der Waals surface area contributed by atoms with E-state index in [1.807, 2.05) is 37.1 Å². The van der Waals surface area contributed by atoms with Gasteiger partial charge in [-0.15, -0.1) is 0 Å². The van der Waals surface area contributed by atoms with Gasteiger partial charge in [0.1, 0.15) is 5.75 Å². The van der Waals surface area contributed by atoms with Gasteiger partial charge in [-0.2, -0.15) is 0 Å². The van der Waals surface area contributed by atoms with Gasteiger partial charge in [-0.1, -0.05) is 12.1 Å². The number of carbonyl (C=O) groups excluding carboxylic acids is 1. The lowest BCUT2D eigenvalue weighted by molar-refractivity contribution is -0.125. The lowest BCUT2D eigenvalue weighted by Crippen LogP contribution is -2.41. The van der Waals surface area contributed by atoms with Crippen molar-refractivity contribution >= 4 is 5.91 Å². The monoisotopic (exact) mass is 292 g/mol. The van der Waals surface area contributed by atoms with Gasteiger partial charge in [-0.3, -0.25) is 9.69 Å². The zero-order valence-electron chi connectivity index (χ0n) is 13.2. The summed E-state index contributed by atoms with van der Waals surface area (Å²) in [7, 11) is 5.30. The smallest absolute Gasteiger partial charge is 0.237 e. The lowest BCUT2D eigenvalue weighted by Gasteiger charge is -2.18. The molecule has 1 saturated heterocycles. The van der Waals surface area contributed by atoms with E-state index in [0.29, 0.717) is 6.54 Å². The number of nitrogens with one attached hydrogen (secondary N) is 1. The molecule has 5 nitrogen and oxygen atoms in total. The molecule has 2 atom stereocenters. The summed E-state index contributed by atoms with van der Waals surface area (Å²) in [5.74, 6) is 0.899. The maximum Gasteiger partial charge on any atom is 0.237 e. The molecule has 0 unspecified atom stereocenters. The molecule has 0 saturated carbocycles. The Morgan fingerprint density at radius 2 is 2.19 bits per heavy atom. The van der Waals surface area contributed by atoms with Crippen molar-refractivity contribution in [1.82, 2.24) is 10.2 Å². The Labute approximate surface area is 126 Å². The molecule has 1 fully saturated rings. The van der Waals surface area contributed by atoms with E-state index in [0.717, 1.165) is 29.8 Å². The third-order valence-electron chi connectivity index (χ3n) is 4.09. The molecule has 1 amide bonds. The number of benzene rings is 1. The highest BCUT2D eigenvalue weighted by atomic mass is 16.5. The van der Waals surface area contributed by atoms with Crippen molar-refractivity contribution in [2.24, 2.45) is 0 Å². The number of carbonyl (C=O) groups is 1. The Balaban J connectivity index is 1.92. The highest BCUT2D eigenvalue weighted by Gasteiger charge is 2.34. The molecule has 116 valence electrons. The molecule has 0 radical (unpaired) electrons. The highest BCUT2D eigenvalue weighted by Crippen LogP contribution is 2.20. The zero-order valence-corrected chi connectivity index (χ0v) is 13.2. The molecule has 1 N–H and O–H groups in total. The Bertz CT molecular complexity index is 504. The Hall–Kier alpha value is -1.59. The average molecular weight is 292 g/mol. The molecule has 21 heavy (non-hydrogen) atoms. The molecule has 5 heteroatoms. The van der Waals surface area contributed by atoms with Crippen LogP contribution in [-0.4, -0.2) is 50.8 Å². The second kappa shape index (κ2) is 6.91. The van der Waals surface area contributed by atoms with E-state index in [1.54, 1.807) is 14.2 Å². The van der Waals surface area contributed by atoms with Crippen LogP contribution >= 0.6 is 0 Å². The maximum atomic E-state index is 12.3. The Morgan fingerprint density at radius 1 is 1.43 bits per heavy atom. The van der Waals surface area contributed by atoms with Gasteiger partial charge in [0.2, 0.25) is 5.91 Å². The summed E-state index contributed by atoms with van der Waals surface area (Å²) in [6.07, 6.45) is 0.890. The Morgan fingerprint density at radius 3 is 2.81 bits per heavy atom. The summed E-state index contributed by atoms with van der Waals surface area (Å²) in [6, 6.07) is 5.87. The molecule has 0 bridgehead atoms. The predicted octanol–water partition coefficient (Wildman–Crippen LogP) is 1.34. The van der Waals surface area contributed by atoms with Crippen LogP contribution in [0.4, 0.5) is 0 Å². The van der Waals surface area contributed by atoms with Crippen molar-refractivity contribution in [2.75, 3.05) is 27.8 Å². The minimum Gasteiger partial charge on any atom is -0.496 e. The van der Waals surface area contributed by atoms with E-state index in [1.165, 1.54) is 0 Å². The molecular formula is C16H24N2O3. The first-order valence-electron chi connectivity index (χ1n) is 7.19.